The molecule has 0 amide bonds. The second-order valence-electron chi connectivity index (χ2n) is 5.23. The van der Waals surface area contributed by atoms with Crippen LogP contribution in [0, 0.1) is 13.8 Å². The van der Waals surface area contributed by atoms with Gasteiger partial charge in [-0.15, -0.1) is 0 Å². The number of aromatic nitrogens is 3. The number of aryl methyl sites for hydroxylation is 1. The quantitative estimate of drug-likeness (QED) is 0.404. The van der Waals surface area contributed by atoms with Crippen LogP contribution in [0.5, 0.6) is 0 Å². The van der Waals surface area contributed by atoms with Gasteiger partial charge < -0.3 is 15.4 Å². The lowest BCUT2D eigenvalue weighted by atomic mass is 10.2. The van der Waals surface area contributed by atoms with Gasteiger partial charge in [-0.25, -0.2) is 14.5 Å². The van der Waals surface area contributed by atoms with Crippen LogP contribution in [0.3, 0.4) is 0 Å². The van der Waals surface area contributed by atoms with E-state index in [0.717, 1.165) is 18.2 Å². The zero-order valence-electron chi connectivity index (χ0n) is 14.6. The average Bonchev–Trinajstić information content (AvgIpc) is 2.82. The van der Waals surface area contributed by atoms with Gasteiger partial charge in [-0.2, -0.15) is 4.57 Å². The molecule has 0 bridgehead atoms. The number of carbonyl (C=O) groups excluding carboxylic acids is 1. The Kier molecular flexibility index (Phi) is 8.25. The number of aliphatic hydroxyl groups is 1. The van der Waals surface area contributed by atoms with Gasteiger partial charge >= 0.3 is 13.8 Å². The molecule has 0 saturated heterocycles. The first kappa shape index (κ1) is 22.1. The molecular weight excluding hydrogens is 383 g/mol. The van der Waals surface area contributed by atoms with Crippen LogP contribution in [0.2, 0.25) is 0 Å². The molecule has 2 heterocycles. The molecule has 0 aliphatic heterocycles. The van der Waals surface area contributed by atoms with Gasteiger partial charge in [0.05, 0.1) is 10.4 Å². The lowest BCUT2D eigenvalue weighted by Gasteiger charge is -2.01. The molecule has 0 aromatic carbocycles. The van der Waals surface area contributed by atoms with E-state index in [-0.39, 0.29) is 6.61 Å². The molecule has 0 saturated carbocycles. The molecule has 26 heavy (non-hydrogen) atoms. The zero-order chi connectivity index (χ0) is 19.9. The summed E-state index contributed by atoms with van der Waals surface area (Å²) >= 11 is 1.65. The highest BCUT2D eigenvalue weighted by Crippen LogP contribution is 2.35. The van der Waals surface area contributed by atoms with Crippen LogP contribution in [0.4, 0.5) is 5.82 Å². The fourth-order valence-electron chi connectivity index (χ4n) is 1.93. The molecule has 144 valence electrons. The first-order valence-electron chi connectivity index (χ1n) is 7.44. The summed E-state index contributed by atoms with van der Waals surface area (Å²) in [7, 11) is -4.57. The summed E-state index contributed by atoms with van der Waals surface area (Å²) in [6.45, 7) is 5.63. The number of anilines is 1. The second-order valence-corrected chi connectivity index (χ2v) is 7.34. The monoisotopic (exact) mass is 405 g/mol. The number of nitrogens with two attached hydrogens (primary N) is 1. The van der Waals surface area contributed by atoms with E-state index in [2.05, 4.69) is 19.1 Å². The molecule has 10 nitrogen and oxygen atoms in total. The fourth-order valence-corrected chi connectivity index (χ4v) is 3.25. The molecule has 2 aromatic rings. The minimum Gasteiger partial charge on any atom is -0.396 e. The van der Waals surface area contributed by atoms with E-state index in [4.69, 9.17) is 20.6 Å². The number of nitrogens with zero attached hydrogens (tertiary/aromatic N) is 3. The molecular formula is C14H22N4O6PS+. The topological polar surface area (TPSA) is 160 Å². The van der Waals surface area contributed by atoms with Gasteiger partial charge in [0.2, 0.25) is 5.51 Å². The Morgan fingerprint density at radius 3 is 2.54 bits per heavy atom. The molecule has 0 aliphatic rings. The number of phosphoric acid groups is 1. The van der Waals surface area contributed by atoms with E-state index < -0.39 is 13.8 Å². The first-order chi connectivity index (χ1) is 12.0. The van der Waals surface area contributed by atoms with Crippen molar-refractivity contribution in [2.75, 3.05) is 12.3 Å². The smallest absolute Gasteiger partial charge is 0.396 e. The molecule has 2 aromatic heterocycles. The molecule has 0 atom stereocenters. The van der Waals surface area contributed by atoms with Gasteiger partial charge in [-0.1, -0.05) is 11.3 Å². The Morgan fingerprint density at radius 2 is 2.08 bits per heavy atom. The van der Waals surface area contributed by atoms with Crippen LogP contribution in [0.15, 0.2) is 11.7 Å². The summed E-state index contributed by atoms with van der Waals surface area (Å²) in [5, 5.41) is 8.98. The van der Waals surface area contributed by atoms with E-state index in [1.54, 1.807) is 17.5 Å². The zero-order valence-corrected chi connectivity index (χ0v) is 16.3. The summed E-state index contributed by atoms with van der Waals surface area (Å²) in [5.41, 5.74) is 10.0. The van der Waals surface area contributed by atoms with Crippen LogP contribution in [-0.2, 0) is 26.8 Å². The van der Waals surface area contributed by atoms with Crippen LogP contribution in [0.25, 0.3) is 0 Å². The van der Waals surface area contributed by atoms with Crippen molar-refractivity contribution >= 4 is 30.9 Å². The third-order valence-electron chi connectivity index (χ3n) is 3.10. The van der Waals surface area contributed by atoms with Crippen molar-refractivity contribution in [3.63, 3.8) is 0 Å². The predicted octanol–water partition coefficient (Wildman–Crippen LogP) is 0.250. The largest absolute Gasteiger partial charge is 0.526 e. The minimum absolute atomic E-state index is 0.178. The molecule has 0 aliphatic carbocycles. The normalized spacial score (nSPS) is 10.8. The first-order valence-corrected chi connectivity index (χ1v) is 9.85. The van der Waals surface area contributed by atoms with Crippen LogP contribution in [-0.4, -0.2) is 37.4 Å². The molecule has 5 N–H and O–H groups in total. The van der Waals surface area contributed by atoms with Gasteiger partial charge in [0.15, 0.2) is 12.2 Å². The Bertz CT molecular complexity index is 807. The van der Waals surface area contributed by atoms with Crippen molar-refractivity contribution in [2.24, 2.45) is 0 Å². The Morgan fingerprint density at radius 1 is 1.42 bits per heavy atom. The van der Waals surface area contributed by atoms with Crippen molar-refractivity contribution in [1.82, 2.24) is 9.97 Å². The highest BCUT2D eigenvalue weighted by atomic mass is 32.1. The SMILES string of the molecule is CC(=O)OP(=O)(O)O.Cc1ncc(C[n+]2csc(CCO)c2C)c(N)n1. The van der Waals surface area contributed by atoms with Crippen molar-refractivity contribution in [3.05, 3.63) is 33.7 Å². The van der Waals surface area contributed by atoms with Crippen LogP contribution >= 0.6 is 19.2 Å². The number of thiazole rings is 1. The molecule has 0 unspecified atom stereocenters. The van der Waals surface area contributed by atoms with Crippen molar-refractivity contribution in [1.29, 1.82) is 0 Å². The number of nitrogen functional groups attached to an aromatic ring is 1. The van der Waals surface area contributed by atoms with E-state index in [1.165, 1.54) is 4.88 Å². The molecule has 0 radical (unpaired) electrons. The van der Waals surface area contributed by atoms with Gasteiger partial charge in [-0.05, 0) is 6.92 Å². The third kappa shape index (κ3) is 7.54. The predicted molar refractivity (Wildman–Crippen MR) is 94.1 cm³/mol. The van der Waals surface area contributed by atoms with Gasteiger partial charge in [0.25, 0.3) is 0 Å². The highest BCUT2D eigenvalue weighted by molar-refractivity contribution is 7.46. The van der Waals surface area contributed by atoms with Gasteiger partial charge in [-0.3, -0.25) is 14.6 Å². The Hall–Kier alpha value is -1.91. The lowest BCUT2D eigenvalue weighted by Crippen LogP contribution is -2.35. The number of hydrogen-bond acceptors (Lipinski definition) is 8. The molecule has 2 rings (SSSR count). The highest BCUT2D eigenvalue weighted by Gasteiger charge is 2.17. The summed E-state index contributed by atoms with van der Waals surface area (Å²) in [4.78, 5) is 35.0. The van der Waals surface area contributed by atoms with E-state index in [9.17, 15) is 9.36 Å². The maximum Gasteiger partial charge on any atom is 0.526 e. The summed E-state index contributed by atoms with van der Waals surface area (Å²) < 4.78 is 15.3. The van der Waals surface area contributed by atoms with Crippen molar-refractivity contribution in [3.8, 4) is 0 Å². The summed E-state index contributed by atoms with van der Waals surface area (Å²) in [5.74, 6) is 0.229. The minimum atomic E-state index is -4.57. The molecule has 0 fully saturated rings. The van der Waals surface area contributed by atoms with Gasteiger partial charge in [0.1, 0.15) is 11.6 Å². The van der Waals surface area contributed by atoms with E-state index >= 15 is 0 Å². The fraction of sp³-hybridized carbons (Fsp3) is 0.429. The van der Waals surface area contributed by atoms with Gasteiger partial charge in [0, 0.05) is 33.1 Å². The number of hydrogen-bond donors (Lipinski definition) is 4. The maximum absolute atomic E-state index is 9.74. The summed E-state index contributed by atoms with van der Waals surface area (Å²) in [6.07, 6.45) is 2.47. The maximum atomic E-state index is 9.74. The number of aliphatic hydroxyl groups excluding tert-OH is 1. The number of carbonyl (C=O) groups is 1. The van der Waals surface area contributed by atoms with Crippen LogP contribution in [0.1, 0.15) is 28.9 Å². The number of rotatable bonds is 5. The average molecular weight is 405 g/mol. The van der Waals surface area contributed by atoms with E-state index in [1.807, 2.05) is 19.4 Å². The van der Waals surface area contributed by atoms with E-state index in [0.29, 0.717) is 24.6 Å². The Labute approximate surface area is 154 Å². The second kappa shape index (κ2) is 9.70. The van der Waals surface area contributed by atoms with Crippen molar-refractivity contribution < 1.29 is 33.3 Å². The standard InChI is InChI=1S/C12H17N4OS.C2H5O5P/c1-8-11(3-4-17)18-7-16(8)6-10-5-14-9(2)15-12(10)13;1-2(3)7-8(4,5)6/h5,7,17H,3-4,6H2,1-2H3,(H2,13,14,15);1H3,(H2,4,5,6)/q+1;. The molecule has 12 heteroatoms. The molecule has 0 spiro atoms. The van der Waals surface area contributed by atoms with Crippen molar-refractivity contribution in [2.45, 2.75) is 33.7 Å². The van der Waals surface area contributed by atoms with Crippen LogP contribution < -0.4 is 10.3 Å². The number of phosphoric ester groups is 1. The summed E-state index contributed by atoms with van der Waals surface area (Å²) in [6, 6.07) is 0. The lowest BCUT2D eigenvalue weighted by molar-refractivity contribution is -0.689. The Balaban J connectivity index is 0.000000359. The third-order valence-corrected chi connectivity index (χ3v) is 4.74.